The second-order valence-electron chi connectivity index (χ2n) is 11.4. The summed E-state index contributed by atoms with van der Waals surface area (Å²) in [6, 6.07) is 44.2. The van der Waals surface area contributed by atoms with Crippen LogP contribution in [-0.2, 0) is 0 Å². The molecular weight excluding hydrogens is 617 g/mol. The SMILES string of the molecule is CCOc1ccc2cc(-c3ccc(C=C(C#N)C#N)cc3)ccc2c1-c1c(OCC)ccc2cc(-c3ccc(C=C(C#N)C#N)cc3)ccc12. The van der Waals surface area contributed by atoms with Gasteiger partial charge >= 0.3 is 0 Å². The zero-order valence-corrected chi connectivity index (χ0v) is 27.6. The summed E-state index contributed by atoms with van der Waals surface area (Å²) in [6.45, 7) is 4.97. The second kappa shape index (κ2) is 14.8. The smallest absolute Gasteiger partial charge is 0.130 e. The van der Waals surface area contributed by atoms with Gasteiger partial charge < -0.3 is 9.47 Å². The van der Waals surface area contributed by atoms with Crippen LogP contribution in [0.2, 0.25) is 0 Å². The summed E-state index contributed by atoms with van der Waals surface area (Å²) < 4.78 is 12.5. The lowest BCUT2D eigenvalue weighted by molar-refractivity contribution is 0.337. The van der Waals surface area contributed by atoms with Crippen LogP contribution in [0.15, 0.2) is 120 Å². The third-order valence-electron chi connectivity index (χ3n) is 8.40. The Morgan fingerprint density at radius 2 is 0.840 bits per heavy atom. The van der Waals surface area contributed by atoms with Gasteiger partial charge in [0, 0.05) is 11.1 Å². The molecule has 0 saturated carbocycles. The van der Waals surface area contributed by atoms with E-state index in [9.17, 15) is 0 Å². The van der Waals surface area contributed by atoms with Crippen molar-refractivity contribution in [2.24, 2.45) is 0 Å². The van der Waals surface area contributed by atoms with Crippen LogP contribution in [0.25, 0.3) is 67.1 Å². The van der Waals surface area contributed by atoms with Crippen LogP contribution in [0, 0.1) is 45.3 Å². The molecular formula is C44H30N4O2. The second-order valence-corrected chi connectivity index (χ2v) is 11.4. The fraction of sp³-hybridized carbons (Fsp3) is 0.0909. The van der Waals surface area contributed by atoms with E-state index in [4.69, 9.17) is 30.5 Å². The highest BCUT2D eigenvalue weighted by Gasteiger charge is 2.20. The number of nitrogens with zero attached hydrogens (tertiary/aromatic N) is 4. The van der Waals surface area contributed by atoms with E-state index in [1.54, 1.807) is 12.2 Å². The van der Waals surface area contributed by atoms with Crippen molar-refractivity contribution >= 4 is 33.7 Å². The first-order valence-corrected chi connectivity index (χ1v) is 16.1. The third kappa shape index (κ3) is 6.65. The molecule has 0 aliphatic rings. The summed E-state index contributed by atoms with van der Waals surface area (Å²) in [5.41, 5.74) is 7.73. The highest BCUT2D eigenvalue weighted by atomic mass is 16.5. The van der Waals surface area contributed by atoms with Crippen LogP contribution >= 0.6 is 0 Å². The predicted octanol–water partition coefficient (Wildman–Crippen LogP) is 10.7. The Hall–Kier alpha value is -7.12. The van der Waals surface area contributed by atoms with Crippen LogP contribution in [0.4, 0.5) is 0 Å². The van der Waals surface area contributed by atoms with Crippen molar-refractivity contribution in [3.8, 4) is 69.2 Å². The molecule has 0 bridgehead atoms. The van der Waals surface area contributed by atoms with Crippen molar-refractivity contribution in [1.82, 2.24) is 0 Å². The van der Waals surface area contributed by atoms with E-state index in [-0.39, 0.29) is 11.1 Å². The first-order valence-electron chi connectivity index (χ1n) is 16.1. The maximum Gasteiger partial charge on any atom is 0.130 e. The molecule has 0 N–H and O–H groups in total. The Balaban J connectivity index is 1.47. The fourth-order valence-corrected chi connectivity index (χ4v) is 6.10. The maximum atomic E-state index is 9.11. The first-order chi connectivity index (χ1) is 24.5. The Labute approximate surface area is 291 Å². The Morgan fingerprint density at radius 1 is 0.480 bits per heavy atom. The standard InChI is InChI=1S/C44H30N4O2/c1-3-49-41-19-15-37-23-35(33-9-5-29(6-10-33)21-31(25-45)26-46)13-17-39(37)43(41)44-40-18-14-36(24-38(40)16-20-42(44)50-4-2)34-11-7-30(8-12-34)22-32(27-47)28-48/h5-24H,3-4H2,1-2H3. The number of hydrogen-bond acceptors (Lipinski definition) is 6. The van der Waals surface area contributed by atoms with Crippen molar-refractivity contribution in [1.29, 1.82) is 21.0 Å². The van der Waals surface area contributed by atoms with Gasteiger partial charge in [-0.2, -0.15) is 21.0 Å². The van der Waals surface area contributed by atoms with Crippen LogP contribution in [0.1, 0.15) is 25.0 Å². The Kier molecular flexibility index (Phi) is 9.68. The summed E-state index contributed by atoms with van der Waals surface area (Å²) in [5.74, 6) is 1.54. The van der Waals surface area contributed by atoms with Gasteiger partial charge in [0.25, 0.3) is 0 Å². The molecule has 0 spiro atoms. The summed E-state index contributed by atoms with van der Waals surface area (Å²) in [5, 5.41) is 40.6. The minimum atomic E-state index is 0.0627. The summed E-state index contributed by atoms with van der Waals surface area (Å²) in [7, 11) is 0. The van der Waals surface area contributed by atoms with Crippen LogP contribution in [0.5, 0.6) is 11.5 Å². The molecule has 6 aromatic rings. The minimum absolute atomic E-state index is 0.0627. The van der Waals surface area contributed by atoms with Gasteiger partial charge in [0.1, 0.15) is 46.9 Å². The molecule has 0 aromatic heterocycles. The number of allylic oxidation sites excluding steroid dienone is 2. The Morgan fingerprint density at radius 3 is 1.18 bits per heavy atom. The predicted molar refractivity (Wildman–Crippen MR) is 199 cm³/mol. The number of ether oxygens (including phenoxy) is 2. The summed E-state index contributed by atoms with van der Waals surface area (Å²) in [4.78, 5) is 0. The number of rotatable bonds is 9. The molecule has 0 amide bonds. The largest absolute Gasteiger partial charge is 0.493 e. The van der Waals surface area contributed by atoms with Crippen molar-refractivity contribution in [2.75, 3.05) is 13.2 Å². The topological polar surface area (TPSA) is 114 Å². The van der Waals surface area contributed by atoms with Gasteiger partial charge in [-0.25, -0.2) is 0 Å². The van der Waals surface area contributed by atoms with Gasteiger partial charge in [-0.05, 0) is 105 Å². The molecule has 0 saturated heterocycles. The molecule has 0 radical (unpaired) electrons. The number of benzene rings is 6. The van der Waals surface area contributed by atoms with Gasteiger partial charge in [-0.3, -0.25) is 0 Å². The van der Waals surface area contributed by atoms with Gasteiger partial charge in [0.2, 0.25) is 0 Å². The van der Waals surface area contributed by atoms with E-state index in [0.29, 0.717) is 13.2 Å². The molecule has 6 heteroatoms. The van der Waals surface area contributed by atoms with E-state index >= 15 is 0 Å². The van der Waals surface area contributed by atoms with E-state index in [0.717, 1.165) is 77.6 Å². The molecule has 6 nitrogen and oxygen atoms in total. The molecule has 50 heavy (non-hydrogen) atoms. The highest BCUT2D eigenvalue weighted by Crippen LogP contribution is 2.46. The summed E-state index contributed by atoms with van der Waals surface area (Å²) in [6.07, 6.45) is 3.15. The zero-order chi connectivity index (χ0) is 35.0. The van der Waals surface area contributed by atoms with Crippen molar-refractivity contribution in [3.63, 3.8) is 0 Å². The van der Waals surface area contributed by atoms with Crippen LogP contribution < -0.4 is 9.47 Å². The first kappa shape index (κ1) is 32.8. The van der Waals surface area contributed by atoms with Crippen molar-refractivity contribution < 1.29 is 9.47 Å². The lowest BCUT2D eigenvalue weighted by Crippen LogP contribution is -1.99. The van der Waals surface area contributed by atoms with Gasteiger partial charge in [0.05, 0.1) is 13.2 Å². The lowest BCUT2D eigenvalue weighted by atomic mass is 9.89. The molecule has 0 fully saturated rings. The van der Waals surface area contributed by atoms with Gasteiger partial charge in [0.15, 0.2) is 0 Å². The van der Waals surface area contributed by atoms with Gasteiger partial charge in [-0.15, -0.1) is 0 Å². The van der Waals surface area contributed by atoms with E-state index in [1.165, 1.54) is 0 Å². The number of fused-ring (bicyclic) bond motifs is 2. The average Bonchev–Trinajstić information content (AvgIpc) is 3.16. The third-order valence-corrected chi connectivity index (χ3v) is 8.40. The normalized spacial score (nSPS) is 10.3. The Bertz CT molecular complexity index is 2270. The van der Waals surface area contributed by atoms with Crippen LogP contribution in [0.3, 0.4) is 0 Å². The highest BCUT2D eigenvalue weighted by molar-refractivity contribution is 6.11. The van der Waals surface area contributed by atoms with E-state index in [2.05, 4.69) is 48.5 Å². The molecule has 6 aromatic carbocycles. The monoisotopic (exact) mass is 646 g/mol. The van der Waals surface area contributed by atoms with E-state index < -0.39 is 0 Å². The fourth-order valence-electron chi connectivity index (χ4n) is 6.10. The average molecular weight is 647 g/mol. The van der Waals surface area contributed by atoms with Crippen molar-refractivity contribution in [2.45, 2.75) is 13.8 Å². The van der Waals surface area contributed by atoms with Gasteiger partial charge in [-0.1, -0.05) is 84.9 Å². The zero-order valence-electron chi connectivity index (χ0n) is 27.6. The lowest BCUT2D eigenvalue weighted by Gasteiger charge is -2.20. The maximum absolute atomic E-state index is 9.11. The molecule has 238 valence electrons. The molecule has 0 aliphatic heterocycles. The molecule has 6 rings (SSSR count). The molecule has 0 aliphatic carbocycles. The molecule has 0 atom stereocenters. The summed E-state index contributed by atoms with van der Waals surface area (Å²) >= 11 is 0. The van der Waals surface area contributed by atoms with Crippen LogP contribution in [-0.4, -0.2) is 13.2 Å². The number of hydrogen-bond donors (Lipinski definition) is 0. The molecule has 0 unspecified atom stereocenters. The quantitative estimate of drug-likeness (QED) is 0.144. The minimum Gasteiger partial charge on any atom is -0.493 e. The molecule has 0 heterocycles. The number of nitriles is 4. The van der Waals surface area contributed by atoms with E-state index in [1.807, 2.05) is 98.8 Å². The van der Waals surface area contributed by atoms with Crippen molar-refractivity contribution in [3.05, 3.63) is 131 Å².